The molecular formula is C25H26N8O3S2. The van der Waals surface area contributed by atoms with Crippen molar-refractivity contribution in [1.82, 2.24) is 30.4 Å². The molecule has 1 aliphatic rings. The number of fused-ring (bicyclic) bond motifs is 1. The molecule has 4 aromatic rings. The van der Waals surface area contributed by atoms with Gasteiger partial charge in [-0.05, 0) is 49.2 Å². The van der Waals surface area contributed by atoms with Crippen LogP contribution in [0.4, 0.5) is 11.4 Å². The van der Waals surface area contributed by atoms with Crippen molar-refractivity contribution in [2.45, 2.75) is 39.2 Å². The second-order valence-corrected chi connectivity index (χ2v) is 10.3. The lowest BCUT2D eigenvalue weighted by atomic mass is 10.1. The van der Waals surface area contributed by atoms with E-state index < -0.39 is 10.8 Å². The number of nitrogens with one attached hydrogen (secondary N) is 2. The van der Waals surface area contributed by atoms with E-state index in [0.29, 0.717) is 12.2 Å². The number of carbonyl (C=O) groups excluding carboxylic acids is 1. The zero-order valence-corrected chi connectivity index (χ0v) is 22.3. The topological polar surface area (TPSA) is 131 Å². The molecule has 1 aliphatic heterocycles. The lowest BCUT2D eigenvalue weighted by Crippen LogP contribution is -2.38. The van der Waals surface area contributed by atoms with Gasteiger partial charge in [-0.2, -0.15) is 9.61 Å². The van der Waals surface area contributed by atoms with Crippen molar-refractivity contribution in [3.05, 3.63) is 69.5 Å². The first kappa shape index (κ1) is 25.7. The van der Waals surface area contributed by atoms with Gasteiger partial charge in [-0.25, -0.2) is 0 Å². The molecule has 0 unspecified atom stereocenters. The van der Waals surface area contributed by atoms with E-state index >= 15 is 0 Å². The number of nitrogens with zero attached hydrogens (tertiary/aromatic N) is 6. The molecule has 0 saturated carbocycles. The van der Waals surface area contributed by atoms with Crippen LogP contribution in [0.3, 0.4) is 0 Å². The predicted octanol–water partition coefficient (Wildman–Crippen LogP) is 4.12. The largest absolute Gasteiger partial charge is 0.366 e. The number of aromatic nitrogens is 4. The van der Waals surface area contributed by atoms with E-state index in [4.69, 9.17) is 12.2 Å². The molecule has 0 atom stereocenters. The van der Waals surface area contributed by atoms with Crippen LogP contribution in [0.25, 0.3) is 15.5 Å². The zero-order valence-electron chi connectivity index (χ0n) is 20.7. The monoisotopic (exact) mass is 550 g/mol. The Morgan fingerprint density at radius 3 is 2.61 bits per heavy atom. The van der Waals surface area contributed by atoms with Crippen molar-refractivity contribution in [3.8, 4) is 10.6 Å². The van der Waals surface area contributed by atoms with Gasteiger partial charge in [0.1, 0.15) is 10.7 Å². The van der Waals surface area contributed by atoms with E-state index in [-0.39, 0.29) is 16.4 Å². The van der Waals surface area contributed by atoms with Crippen molar-refractivity contribution in [3.63, 3.8) is 0 Å². The van der Waals surface area contributed by atoms with Crippen molar-refractivity contribution in [1.29, 1.82) is 0 Å². The molecule has 2 N–H and O–H groups in total. The van der Waals surface area contributed by atoms with Crippen molar-refractivity contribution in [2.75, 3.05) is 18.0 Å². The highest BCUT2D eigenvalue weighted by Crippen LogP contribution is 2.31. The summed E-state index contributed by atoms with van der Waals surface area (Å²) < 4.78 is 1.77. The highest BCUT2D eigenvalue weighted by atomic mass is 32.1. The van der Waals surface area contributed by atoms with Crippen molar-refractivity contribution >= 4 is 50.9 Å². The van der Waals surface area contributed by atoms with Gasteiger partial charge in [0.2, 0.25) is 4.96 Å². The first-order valence-electron chi connectivity index (χ1n) is 12.4. The average molecular weight is 551 g/mol. The standard InChI is InChI=1S/C25H26N8O3S2/c1-2-21-28-29-25-32(21)30-23(38-25)17-8-6-16(7-9-17)15-26-24(37)27-22(34)18-10-11-19(20(14-18)33(35)36)31-12-4-3-5-13-31/h6-11,14H,2-5,12-13,15H2,1H3,(H2,26,27,34,37). The number of aryl methyl sites for hydroxylation is 1. The SMILES string of the molecule is CCc1nnc2sc(-c3ccc(CNC(=S)NC(=O)c4ccc(N5CCCCC5)c([N+](=O)[O-])c4)cc3)nn12. The quantitative estimate of drug-likeness (QED) is 0.198. The zero-order chi connectivity index (χ0) is 26.6. The summed E-state index contributed by atoms with van der Waals surface area (Å²) in [6.45, 7) is 3.96. The molecule has 5 rings (SSSR count). The minimum Gasteiger partial charge on any atom is -0.366 e. The normalized spacial score (nSPS) is 13.4. The van der Waals surface area contributed by atoms with Crippen LogP contribution in [0.1, 0.15) is 47.9 Å². The summed E-state index contributed by atoms with van der Waals surface area (Å²) in [5, 5.41) is 31.2. The van der Waals surface area contributed by atoms with Crippen LogP contribution in [0.2, 0.25) is 0 Å². The molecule has 0 radical (unpaired) electrons. The molecule has 38 heavy (non-hydrogen) atoms. The highest BCUT2D eigenvalue weighted by Gasteiger charge is 2.23. The number of thiocarbonyl (C=S) groups is 1. The van der Waals surface area contributed by atoms with E-state index in [1.807, 2.05) is 36.1 Å². The van der Waals surface area contributed by atoms with Crippen LogP contribution in [0.5, 0.6) is 0 Å². The van der Waals surface area contributed by atoms with E-state index in [1.54, 1.807) is 16.6 Å². The summed E-state index contributed by atoms with van der Waals surface area (Å²) in [6, 6.07) is 12.4. The number of hydrogen-bond acceptors (Lipinski definition) is 9. The van der Waals surface area contributed by atoms with Crippen LogP contribution >= 0.6 is 23.6 Å². The first-order valence-corrected chi connectivity index (χ1v) is 13.6. The fourth-order valence-corrected chi connectivity index (χ4v) is 5.40. The molecule has 11 nitrogen and oxygen atoms in total. The van der Waals surface area contributed by atoms with Gasteiger partial charge in [0.25, 0.3) is 11.6 Å². The summed E-state index contributed by atoms with van der Waals surface area (Å²) in [6.07, 6.45) is 3.88. The van der Waals surface area contributed by atoms with E-state index in [9.17, 15) is 14.9 Å². The Labute approximate surface area is 228 Å². The third-order valence-electron chi connectivity index (χ3n) is 6.38. The maximum Gasteiger partial charge on any atom is 0.293 e. The minimum absolute atomic E-state index is 0.0748. The van der Waals surface area contributed by atoms with Gasteiger partial charge in [-0.1, -0.05) is 42.5 Å². The molecule has 1 amide bonds. The number of carbonyl (C=O) groups is 1. The van der Waals surface area contributed by atoms with Crippen LogP contribution in [0, 0.1) is 10.1 Å². The van der Waals surface area contributed by atoms with Crippen molar-refractivity contribution in [2.24, 2.45) is 0 Å². The number of piperidine rings is 1. The molecule has 1 saturated heterocycles. The van der Waals surface area contributed by atoms with E-state index in [0.717, 1.165) is 65.7 Å². The van der Waals surface area contributed by atoms with Gasteiger partial charge in [-0.3, -0.25) is 20.2 Å². The van der Waals surface area contributed by atoms with Gasteiger partial charge >= 0.3 is 0 Å². The van der Waals surface area contributed by atoms with Gasteiger partial charge in [0, 0.05) is 43.2 Å². The van der Waals surface area contributed by atoms with E-state index in [1.165, 1.54) is 17.4 Å². The van der Waals surface area contributed by atoms with Crippen molar-refractivity contribution < 1.29 is 9.72 Å². The van der Waals surface area contributed by atoms with Gasteiger partial charge < -0.3 is 10.2 Å². The molecule has 13 heteroatoms. The predicted molar refractivity (Wildman–Crippen MR) is 150 cm³/mol. The molecule has 0 aliphatic carbocycles. The molecule has 2 aromatic heterocycles. The average Bonchev–Trinajstić information content (AvgIpc) is 3.53. The lowest BCUT2D eigenvalue weighted by molar-refractivity contribution is -0.384. The van der Waals surface area contributed by atoms with Crippen LogP contribution < -0.4 is 15.5 Å². The third-order valence-corrected chi connectivity index (χ3v) is 7.58. The van der Waals surface area contributed by atoms with Gasteiger partial charge in [-0.15, -0.1) is 10.2 Å². The molecule has 0 spiro atoms. The molecular weight excluding hydrogens is 524 g/mol. The minimum atomic E-state index is -0.499. The fraction of sp³-hybridized carbons (Fsp3) is 0.320. The fourth-order valence-electron chi connectivity index (χ4n) is 4.37. The molecule has 1 fully saturated rings. The molecule has 2 aromatic carbocycles. The van der Waals surface area contributed by atoms with E-state index in [2.05, 4.69) is 25.9 Å². The van der Waals surface area contributed by atoms with Gasteiger partial charge in [0.05, 0.1) is 4.92 Å². The maximum atomic E-state index is 12.7. The number of nitro groups is 1. The Morgan fingerprint density at radius 1 is 1.13 bits per heavy atom. The number of benzene rings is 2. The summed E-state index contributed by atoms with van der Waals surface area (Å²) in [5.74, 6) is 0.326. The Bertz CT molecular complexity index is 1490. The Morgan fingerprint density at radius 2 is 1.89 bits per heavy atom. The van der Waals surface area contributed by atoms with Crippen LogP contribution in [0.15, 0.2) is 42.5 Å². The first-order chi connectivity index (χ1) is 18.4. The van der Waals surface area contributed by atoms with Crippen LogP contribution in [-0.4, -0.2) is 48.8 Å². The molecule has 196 valence electrons. The third kappa shape index (κ3) is 5.48. The number of amides is 1. The Balaban J connectivity index is 1.18. The highest BCUT2D eigenvalue weighted by molar-refractivity contribution is 7.80. The number of nitro benzene ring substituents is 1. The second kappa shape index (κ2) is 11.2. The second-order valence-electron chi connectivity index (χ2n) is 8.91. The summed E-state index contributed by atoms with van der Waals surface area (Å²) in [4.78, 5) is 26.8. The number of rotatable bonds is 7. The molecule has 3 heterocycles. The number of anilines is 1. The number of hydrogen-bond donors (Lipinski definition) is 2. The lowest BCUT2D eigenvalue weighted by Gasteiger charge is -2.28. The summed E-state index contributed by atoms with van der Waals surface area (Å²) in [5.41, 5.74) is 2.59. The summed E-state index contributed by atoms with van der Waals surface area (Å²) >= 11 is 6.76. The summed E-state index contributed by atoms with van der Waals surface area (Å²) in [7, 11) is 0. The van der Waals surface area contributed by atoms with Crippen LogP contribution in [-0.2, 0) is 13.0 Å². The Kier molecular flexibility index (Phi) is 7.56. The molecule has 0 bridgehead atoms. The Hall–Kier alpha value is -3.97. The van der Waals surface area contributed by atoms with Gasteiger partial charge in [0.15, 0.2) is 10.9 Å². The maximum absolute atomic E-state index is 12.7. The smallest absolute Gasteiger partial charge is 0.293 e.